The molecule has 0 amide bonds. The summed E-state index contributed by atoms with van der Waals surface area (Å²) in [5, 5.41) is 9.08. The third-order valence-electron chi connectivity index (χ3n) is 1.87. The van der Waals surface area contributed by atoms with E-state index < -0.39 is 0 Å². The van der Waals surface area contributed by atoms with Gasteiger partial charge in [-0.3, -0.25) is 0 Å². The number of phenolic OH excluding ortho intramolecular Hbond substituents is 1. The molecule has 0 radical (unpaired) electrons. The number of rotatable bonds is 7. The van der Waals surface area contributed by atoms with Crippen LogP contribution in [0, 0.1) is 0 Å². The molecule has 0 aliphatic carbocycles. The number of carbonyl (C=O) groups is 1. The Bertz CT molecular complexity index is 338. The number of hydrogen-bond donors (Lipinski definition) is 1. The average Bonchev–Trinajstić information content (AvgIpc) is 2.34. The fraction of sp³-hybridized carbons (Fsp3) is 0.417. The van der Waals surface area contributed by atoms with Crippen LogP contribution in [0.2, 0.25) is 0 Å². The lowest BCUT2D eigenvalue weighted by atomic mass is 10.2. The van der Waals surface area contributed by atoms with Crippen LogP contribution in [0.4, 0.5) is 0 Å². The third-order valence-corrected chi connectivity index (χ3v) is 4.45. The number of aromatic hydroxyl groups is 1. The predicted molar refractivity (Wildman–Crippen MR) is 73.6 cm³/mol. The van der Waals surface area contributed by atoms with Crippen LogP contribution < -0.4 is 0 Å². The van der Waals surface area contributed by atoms with Crippen molar-refractivity contribution in [1.82, 2.24) is 0 Å². The summed E-state index contributed by atoms with van der Waals surface area (Å²) in [6.45, 7) is 2.56. The van der Waals surface area contributed by atoms with E-state index in [2.05, 4.69) is 6.92 Å². The van der Waals surface area contributed by atoms with Crippen LogP contribution in [0.3, 0.4) is 0 Å². The first-order valence-corrected chi connectivity index (χ1v) is 7.93. The molecule has 0 saturated heterocycles. The number of benzene rings is 1. The summed E-state index contributed by atoms with van der Waals surface area (Å²) in [6.07, 6.45) is 1.16. The largest absolute Gasteiger partial charge is 0.508 e. The first kappa shape index (κ1) is 14.3. The Kier molecular flexibility index (Phi) is 6.96. The van der Waals surface area contributed by atoms with E-state index in [0.717, 1.165) is 17.9 Å². The second kappa shape index (κ2) is 8.31. The summed E-state index contributed by atoms with van der Waals surface area (Å²) < 4.78 is 5.09. The first-order chi connectivity index (χ1) is 8.24. The summed E-state index contributed by atoms with van der Waals surface area (Å²) in [5.74, 6) is 1.73. The highest BCUT2D eigenvalue weighted by molar-refractivity contribution is 8.76. The van der Waals surface area contributed by atoms with Gasteiger partial charge in [0, 0.05) is 11.5 Å². The Labute approximate surface area is 109 Å². The van der Waals surface area contributed by atoms with Gasteiger partial charge in [0.25, 0.3) is 0 Å². The second-order valence-electron chi connectivity index (χ2n) is 3.33. The highest BCUT2D eigenvalue weighted by Crippen LogP contribution is 2.21. The number of hydrogen-bond acceptors (Lipinski definition) is 5. The van der Waals surface area contributed by atoms with Crippen molar-refractivity contribution in [3.63, 3.8) is 0 Å². The third kappa shape index (κ3) is 5.89. The molecule has 0 aliphatic rings. The van der Waals surface area contributed by atoms with Crippen molar-refractivity contribution in [3.8, 4) is 5.75 Å². The van der Waals surface area contributed by atoms with Gasteiger partial charge in [-0.05, 0) is 30.7 Å². The molecule has 0 aromatic heterocycles. The van der Waals surface area contributed by atoms with Crippen LogP contribution in [0.1, 0.15) is 23.7 Å². The molecular formula is C12H16O3S2. The zero-order chi connectivity index (χ0) is 12.5. The van der Waals surface area contributed by atoms with E-state index in [-0.39, 0.29) is 11.7 Å². The van der Waals surface area contributed by atoms with Gasteiger partial charge in [0.1, 0.15) is 12.4 Å². The molecule has 1 aromatic carbocycles. The maximum absolute atomic E-state index is 11.5. The zero-order valence-corrected chi connectivity index (χ0v) is 11.4. The van der Waals surface area contributed by atoms with Gasteiger partial charge in [-0.2, -0.15) is 0 Å². The van der Waals surface area contributed by atoms with Gasteiger partial charge in [-0.15, -0.1) is 0 Å². The Morgan fingerprint density at radius 3 is 2.53 bits per heavy atom. The lowest BCUT2D eigenvalue weighted by Gasteiger charge is -2.04. The monoisotopic (exact) mass is 272 g/mol. The van der Waals surface area contributed by atoms with Gasteiger partial charge in [0.2, 0.25) is 0 Å². The molecule has 0 atom stereocenters. The molecule has 0 unspecified atom stereocenters. The van der Waals surface area contributed by atoms with Crippen molar-refractivity contribution in [2.75, 3.05) is 18.1 Å². The van der Waals surface area contributed by atoms with Crippen molar-refractivity contribution >= 4 is 27.6 Å². The SMILES string of the molecule is CCCSSCCOC(=O)c1ccc(O)cc1. The topological polar surface area (TPSA) is 46.5 Å². The van der Waals surface area contributed by atoms with Gasteiger partial charge >= 0.3 is 5.97 Å². The minimum atomic E-state index is -0.342. The van der Waals surface area contributed by atoms with Gasteiger partial charge in [-0.1, -0.05) is 28.5 Å². The van der Waals surface area contributed by atoms with Crippen molar-refractivity contribution in [2.24, 2.45) is 0 Å². The van der Waals surface area contributed by atoms with Crippen LogP contribution in [-0.2, 0) is 4.74 Å². The first-order valence-electron chi connectivity index (χ1n) is 5.44. The molecule has 1 N–H and O–H groups in total. The van der Waals surface area contributed by atoms with Gasteiger partial charge < -0.3 is 9.84 Å². The Morgan fingerprint density at radius 1 is 1.24 bits per heavy atom. The smallest absolute Gasteiger partial charge is 0.338 e. The van der Waals surface area contributed by atoms with Gasteiger partial charge in [0.05, 0.1) is 5.56 Å². The Hall–Kier alpha value is -0.810. The molecule has 17 heavy (non-hydrogen) atoms. The molecule has 0 heterocycles. The summed E-state index contributed by atoms with van der Waals surface area (Å²) in [7, 11) is 3.51. The maximum atomic E-state index is 11.5. The summed E-state index contributed by atoms with van der Waals surface area (Å²) in [6, 6.07) is 6.05. The Balaban J connectivity index is 2.19. The fourth-order valence-electron chi connectivity index (χ4n) is 1.05. The number of phenols is 1. The summed E-state index contributed by atoms with van der Waals surface area (Å²) in [5.41, 5.74) is 0.467. The van der Waals surface area contributed by atoms with E-state index in [1.807, 2.05) is 0 Å². The van der Waals surface area contributed by atoms with Crippen molar-refractivity contribution in [3.05, 3.63) is 29.8 Å². The molecule has 5 heteroatoms. The van der Waals surface area contributed by atoms with Crippen molar-refractivity contribution in [1.29, 1.82) is 0 Å². The zero-order valence-electron chi connectivity index (χ0n) is 9.72. The van der Waals surface area contributed by atoms with Crippen molar-refractivity contribution < 1.29 is 14.6 Å². The van der Waals surface area contributed by atoms with E-state index in [0.29, 0.717) is 12.2 Å². The quantitative estimate of drug-likeness (QED) is 0.468. The minimum Gasteiger partial charge on any atom is -0.508 e. The van der Waals surface area contributed by atoms with E-state index in [1.165, 1.54) is 12.1 Å². The fourth-order valence-corrected chi connectivity index (χ4v) is 3.02. The van der Waals surface area contributed by atoms with Crippen LogP contribution in [-0.4, -0.2) is 29.2 Å². The molecule has 0 fully saturated rings. The van der Waals surface area contributed by atoms with E-state index >= 15 is 0 Å². The highest BCUT2D eigenvalue weighted by atomic mass is 33.1. The normalized spacial score (nSPS) is 10.2. The summed E-state index contributed by atoms with van der Waals surface area (Å²) >= 11 is 0. The predicted octanol–water partition coefficient (Wildman–Crippen LogP) is 3.34. The molecule has 0 spiro atoms. The lowest BCUT2D eigenvalue weighted by molar-refractivity contribution is 0.0530. The van der Waals surface area contributed by atoms with Crippen LogP contribution in [0.15, 0.2) is 24.3 Å². The second-order valence-corrected chi connectivity index (χ2v) is 6.03. The van der Waals surface area contributed by atoms with Crippen LogP contribution in [0.25, 0.3) is 0 Å². The molecule has 0 aliphatic heterocycles. The average molecular weight is 272 g/mol. The summed E-state index contributed by atoms with van der Waals surface area (Å²) in [4.78, 5) is 11.5. The number of carbonyl (C=O) groups excluding carboxylic acids is 1. The van der Waals surface area contributed by atoms with E-state index in [4.69, 9.17) is 9.84 Å². The van der Waals surface area contributed by atoms with E-state index in [9.17, 15) is 4.79 Å². The van der Waals surface area contributed by atoms with Gasteiger partial charge in [0.15, 0.2) is 0 Å². The van der Waals surface area contributed by atoms with Crippen LogP contribution in [0.5, 0.6) is 5.75 Å². The number of esters is 1. The highest BCUT2D eigenvalue weighted by Gasteiger charge is 2.06. The number of ether oxygens (including phenoxy) is 1. The van der Waals surface area contributed by atoms with Crippen molar-refractivity contribution in [2.45, 2.75) is 13.3 Å². The molecule has 0 bridgehead atoms. The molecule has 1 aromatic rings. The standard InChI is InChI=1S/C12H16O3S2/c1-2-8-16-17-9-7-15-12(14)10-3-5-11(13)6-4-10/h3-6,13H,2,7-9H2,1H3. The molecule has 3 nitrogen and oxygen atoms in total. The minimum absolute atomic E-state index is 0.146. The molecule has 94 valence electrons. The van der Waals surface area contributed by atoms with Crippen LogP contribution >= 0.6 is 21.6 Å². The molecular weight excluding hydrogens is 256 g/mol. The van der Waals surface area contributed by atoms with E-state index in [1.54, 1.807) is 33.7 Å². The lowest BCUT2D eigenvalue weighted by Crippen LogP contribution is -2.07. The van der Waals surface area contributed by atoms with Gasteiger partial charge in [-0.25, -0.2) is 4.79 Å². The molecule has 1 rings (SSSR count). The molecule has 0 saturated carbocycles. The maximum Gasteiger partial charge on any atom is 0.338 e. The Morgan fingerprint density at radius 2 is 1.88 bits per heavy atom.